The van der Waals surface area contributed by atoms with Gasteiger partial charge in [0.25, 0.3) is 0 Å². The summed E-state index contributed by atoms with van der Waals surface area (Å²) in [7, 11) is 0. The van der Waals surface area contributed by atoms with Crippen molar-refractivity contribution < 1.29 is 4.79 Å². The largest absolute Gasteiger partial charge is 0.372 e. The molecule has 0 aliphatic carbocycles. The van der Waals surface area contributed by atoms with E-state index in [1.165, 1.54) is 5.69 Å². The molecule has 0 saturated heterocycles. The second-order valence-corrected chi connectivity index (χ2v) is 7.19. The Morgan fingerprint density at radius 1 is 0.931 bits per heavy atom. The number of hydrogen-bond acceptors (Lipinski definition) is 3. The van der Waals surface area contributed by atoms with Crippen LogP contribution in [0.1, 0.15) is 37.8 Å². The van der Waals surface area contributed by atoms with Gasteiger partial charge in [0.15, 0.2) is 0 Å². The number of amides is 1. The Kier molecular flexibility index (Phi) is 7.40. The molecule has 0 aromatic heterocycles. The summed E-state index contributed by atoms with van der Waals surface area (Å²) in [4.78, 5) is 14.7. The molecule has 0 radical (unpaired) electrons. The monoisotopic (exact) mass is 387 g/mol. The van der Waals surface area contributed by atoms with Crippen LogP contribution < -0.4 is 10.3 Å². The van der Waals surface area contributed by atoms with E-state index in [0.717, 1.165) is 47.8 Å². The fraction of sp³-hybridized carbons (Fsp3) is 0.280. The van der Waals surface area contributed by atoms with Crippen LogP contribution in [-0.2, 0) is 11.2 Å². The highest BCUT2D eigenvalue weighted by Crippen LogP contribution is 2.19. The molecule has 0 bridgehead atoms. The Balaban J connectivity index is 1.58. The highest BCUT2D eigenvalue weighted by atomic mass is 16.2. The lowest BCUT2D eigenvalue weighted by molar-refractivity contribution is -0.120. The van der Waals surface area contributed by atoms with Crippen molar-refractivity contribution in [2.45, 2.75) is 33.1 Å². The molecule has 1 N–H and O–H groups in total. The molecule has 0 aliphatic rings. The summed E-state index contributed by atoms with van der Waals surface area (Å²) in [5.41, 5.74) is 5.84. The number of carbonyl (C=O) groups is 1. The number of carbonyl (C=O) groups excluding carboxylic acids is 1. The SMILES string of the molecule is CCCN(CCC)c1ccc(/C=N/NC(=O)Cc2cccc3ccccc23)cc1. The normalized spacial score (nSPS) is 11.1. The van der Waals surface area contributed by atoms with Crippen LogP contribution in [0.4, 0.5) is 5.69 Å². The zero-order valence-electron chi connectivity index (χ0n) is 17.3. The molecule has 0 saturated carbocycles. The second kappa shape index (κ2) is 10.4. The molecule has 4 heteroatoms. The molecular weight excluding hydrogens is 358 g/mol. The first-order valence-corrected chi connectivity index (χ1v) is 10.3. The lowest BCUT2D eigenvalue weighted by Crippen LogP contribution is -2.24. The minimum absolute atomic E-state index is 0.119. The zero-order chi connectivity index (χ0) is 20.5. The molecule has 29 heavy (non-hydrogen) atoms. The number of hydrazone groups is 1. The van der Waals surface area contributed by atoms with Crippen molar-refractivity contribution >= 4 is 28.6 Å². The van der Waals surface area contributed by atoms with E-state index < -0.39 is 0 Å². The molecule has 4 nitrogen and oxygen atoms in total. The third-order valence-corrected chi connectivity index (χ3v) is 4.88. The fourth-order valence-electron chi connectivity index (χ4n) is 3.52. The van der Waals surface area contributed by atoms with Crippen LogP contribution in [0.25, 0.3) is 10.8 Å². The average Bonchev–Trinajstić information content (AvgIpc) is 2.74. The van der Waals surface area contributed by atoms with Gasteiger partial charge in [-0.15, -0.1) is 0 Å². The molecule has 1 amide bonds. The Hall–Kier alpha value is -3.14. The van der Waals surface area contributed by atoms with Gasteiger partial charge in [0.2, 0.25) is 5.91 Å². The number of anilines is 1. The van der Waals surface area contributed by atoms with E-state index in [1.807, 2.05) is 42.5 Å². The molecule has 0 spiro atoms. The van der Waals surface area contributed by atoms with Crippen molar-refractivity contribution in [3.8, 4) is 0 Å². The minimum atomic E-state index is -0.119. The summed E-state index contributed by atoms with van der Waals surface area (Å²) in [5.74, 6) is -0.119. The molecule has 0 atom stereocenters. The van der Waals surface area contributed by atoms with E-state index in [4.69, 9.17) is 0 Å². The maximum absolute atomic E-state index is 12.3. The molecule has 3 rings (SSSR count). The Bertz CT molecular complexity index is 952. The Morgan fingerprint density at radius 3 is 2.34 bits per heavy atom. The Labute approximate surface area is 173 Å². The lowest BCUT2D eigenvalue weighted by Gasteiger charge is -2.23. The summed E-state index contributed by atoms with van der Waals surface area (Å²) in [5, 5.41) is 6.37. The van der Waals surface area contributed by atoms with Crippen molar-refractivity contribution in [3.63, 3.8) is 0 Å². The summed E-state index contributed by atoms with van der Waals surface area (Å²) in [6, 6.07) is 22.4. The van der Waals surface area contributed by atoms with E-state index in [-0.39, 0.29) is 5.91 Å². The first-order valence-electron chi connectivity index (χ1n) is 10.3. The van der Waals surface area contributed by atoms with Gasteiger partial charge < -0.3 is 4.90 Å². The minimum Gasteiger partial charge on any atom is -0.372 e. The summed E-state index contributed by atoms with van der Waals surface area (Å²) < 4.78 is 0. The van der Waals surface area contributed by atoms with E-state index in [1.54, 1.807) is 6.21 Å². The van der Waals surface area contributed by atoms with Gasteiger partial charge >= 0.3 is 0 Å². The molecule has 0 unspecified atom stereocenters. The molecular formula is C25H29N3O. The average molecular weight is 388 g/mol. The number of fused-ring (bicyclic) bond motifs is 1. The standard InChI is InChI=1S/C25H29N3O/c1-3-16-28(17-4-2)23-14-12-20(13-15-23)19-26-27-25(29)18-22-10-7-9-21-8-5-6-11-24(21)22/h5-15,19H,3-4,16-18H2,1-2H3,(H,27,29)/b26-19+. The highest BCUT2D eigenvalue weighted by molar-refractivity contribution is 5.90. The van der Waals surface area contributed by atoms with Gasteiger partial charge in [0, 0.05) is 18.8 Å². The Morgan fingerprint density at radius 2 is 1.62 bits per heavy atom. The van der Waals surface area contributed by atoms with Crippen LogP contribution in [0.3, 0.4) is 0 Å². The maximum atomic E-state index is 12.3. The van der Waals surface area contributed by atoms with Crippen LogP contribution >= 0.6 is 0 Å². The van der Waals surface area contributed by atoms with E-state index in [9.17, 15) is 4.79 Å². The van der Waals surface area contributed by atoms with Gasteiger partial charge in [-0.25, -0.2) is 5.43 Å². The molecule has 3 aromatic carbocycles. The fourth-order valence-corrected chi connectivity index (χ4v) is 3.52. The van der Waals surface area contributed by atoms with Crippen molar-refractivity contribution in [2.75, 3.05) is 18.0 Å². The third-order valence-electron chi connectivity index (χ3n) is 4.88. The van der Waals surface area contributed by atoms with Crippen molar-refractivity contribution in [1.82, 2.24) is 5.43 Å². The summed E-state index contributed by atoms with van der Waals surface area (Å²) >= 11 is 0. The number of nitrogens with one attached hydrogen (secondary N) is 1. The predicted molar refractivity (Wildman–Crippen MR) is 123 cm³/mol. The van der Waals surface area contributed by atoms with Gasteiger partial charge in [-0.2, -0.15) is 5.10 Å². The van der Waals surface area contributed by atoms with Crippen LogP contribution in [0, 0.1) is 0 Å². The van der Waals surface area contributed by atoms with Gasteiger partial charge in [-0.1, -0.05) is 68.4 Å². The maximum Gasteiger partial charge on any atom is 0.244 e. The van der Waals surface area contributed by atoms with Gasteiger partial charge in [-0.3, -0.25) is 4.79 Å². The molecule has 150 valence electrons. The van der Waals surface area contributed by atoms with Gasteiger partial charge in [0.1, 0.15) is 0 Å². The van der Waals surface area contributed by atoms with Crippen molar-refractivity contribution in [3.05, 3.63) is 77.9 Å². The topological polar surface area (TPSA) is 44.7 Å². The predicted octanol–water partition coefficient (Wildman–Crippen LogP) is 5.16. The zero-order valence-corrected chi connectivity index (χ0v) is 17.3. The number of hydrogen-bond donors (Lipinski definition) is 1. The first kappa shape index (κ1) is 20.6. The molecule has 0 heterocycles. The van der Waals surface area contributed by atoms with E-state index in [2.05, 4.69) is 53.5 Å². The second-order valence-electron chi connectivity index (χ2n) is 7.19. The number of rotatable bonds is 9. The number of benzene rings is 3. The quantitative estimate of drug-likeness (QED) is 0.407. The lowest BCUT2D eigenvalue weighted by atomic mass is 10.0. The molecule has 0 aliphatic heterocycles. The van der Waals surface area contributed by atoms with Crippen LogP contribution in [-0.4, -0.2) is 25.2 Å². The van der Waals surface area contributed by atoms with Crippen LogP contribution in [0.15, 0.2) is 71.8 Å². The molecule has 3 aromatic rings. The summed E-state index contributed by atoms with van der Waals surface area (Å²) in [6.07, 6.45) is 4.26. The van der Waals surface area contributed by atoms with Crippen molar-refractivity contribution in [1.29, 1.82) is 0 Å². The van der Waals surface area contributed by atoms with E-state index >= 15 is 0 Å². The van der Waals surface area contributed by atoms with Crippen LogP contribution in [0.5, 0.6) is 0 Å². The van der Waals surface area contributed by atoms with E-state index in [0.29, 0.717) is 6.42 Å². The van der Waals surface area contributed by atoms with Gasteiger partial charge in [-0.05, 0) is 46.9 Å². The third kappa shape index (κ3) is 5.67. The summed E-state index contributed by atoms with van der Waals surface area (Å²) in [6.45, 7) is 6.52. The van der Waals surface area contributed by atoms with Gasteiger partial charge in [0.05, 0.1) is 12.6 Å². The smallest absolute Gasteiger partial charge is 0.244 e. The number of nitrogens with zero attached hydrogens (tertiary/aromatic N) is 2. The van der Waals surface area contributed by atoms with Crippen LogP contribution in [0.2, 0.25) is 0 Å². The van der Waals surface area contributed by atoms with Crippen molar-refractivity contribution in [2.24, 2.45) is 5.10 Å². The molecule has 0 fully saturated rings. The first-order chi connectivity index (χ1) is 14.2. The highest BCUT2D eigenvalue weighted by Gasteiger charge is 2.06.